The number of hydrogen-bond donors (Lipinski definition) is 0. The number of halogens is 1. The van der Waals surface area contributed by atoms with Crippen molar-refractivity contribution in [2.75, 3.05) is 18.6 Å². The van der Waals surface area contributed by atoms with Crippen LogP contribution in [0.4, 0.5) is 5.69 Å². The lowest BCUT2D eigenvalue weighted by Gasteiger charge is -2.28. The number of carbonyl (C=O) groups excluding carboxylic acids is 4. The monoisotopic (exact) mass is 504 g/mol. The number of hydrogen-bond acceptors (Lipinski definition) is 5. The molecule has 1 aliphatic rings. The summed E-state index contributed by atoms with van der Waals surface area (Å²) in [6, 6.07) is 19.5. The number of benzene rings is 3. The summed E-state index contributed by atoms with van der Waals surface area (Å²) in [7, 11) is 1.28. The van der Waals surface area contributed by atoms with Gasteiger partial charge in [-0.05, 0) is 67.4 Å². The first-order valence-electron chi connectivity index (χ1n) is 11.5. The summed E-state index contributed by atoms with van der Waals surface area (Å²) in [5, 5.41) is 0.581. The first-order chi connectivity index (χ1) is 17.3. The lowest BCUT2D eigenvalue weighted by molar-refractivity contribution is -0.122. The second-order valence-electron chi connectivity index (χ2n) is 8.57. The van der Waals surface area contributed by atoms with Gasteiger partial charge in [0, 0.05) is 17.1 Å². The number of anilines is 1. The molecule has 1 saturated heterocycles. The molecular weight excluding hydrogens is 480 g/mol. The Hall–Kier alpha value is -3.97. The highest BCUT2D eigenvalue weighted by atomic mass is 35.5. The number of rotatable bonds is 7. The van der Waals surface area contributed by atoms with Crippen LogP contribution < -0.4 is 4.90 Å². The number of amides is 3. The van der Waals surface area contributed by atoms with Gasteiger partial charge >= 0.3 is 5.97 Å². The molecule has 0 aliphatic carbocycles. The molecule has 0 bridgehead atoms. The maximum Gasteiger partial charge on any atom is 0.337 e. The minimum absolute atomic E-state index is 0.134. The van der Waals surface area contributed by atoms with E-state index in [1.54, 1.807) is 24.3 Å². The summed E-state index contributed by atoms with van der Waals surface area (Å²) in [5.41, 5.74) is 2.91. The summed E-state index contributed by atoms with van der Waals surface area (Å²) in [6.45, 7) is 2.11. The number of aryl methyl sites for hydroxylation is 1. The highest BCUT2D eigenvalue weighted by molar-refractivity contribution is 6.30. The molecule has 1 aliphatic heterocycles. The molecule has 0 N–H and O–H groups in total. The van der Waals surface area contributed by atoms with Gasteiger partial charge in [0.1, 0.15) is 6.04 Å². The number of carbonyl (C=O) groups is 4. The zero-order valence-corrected chi connectivity index (χ0v) is 20.7. The average Bonchev–Trinajstić information content (AvgIpc) is 3.17. The van der Waals surface area contributed by atoms with Crippen LogP contribution in [0, 0.1) is 6.92 Å². The minimum atomic E-state index is -0.954. The lowest BCUT2D eigenvalue weighted by Crippen LogP contribution is -2.46. The predicted molar refractivity (Wildman–Crippen MR) is 136 cm³/mol. The van der Waals surface area contributed by atoms with Crippen molar-refractivity contribution < 1.29 is 23.9 Å². The summed E-state index contributed by atoms with van der Waals surface area (Å²) in [5.74, 6) is -1.75. The Morgan fingerprint density at radius 3 is 2.39 bits per heavy atom. The Balaban J connectivity index is 1.62. The third-order valence-corrected chi connectivity index (χ3v) is 6.34. The molecule has 36 heavy (non-hydrogen) atoms. The number of esters is 1. The van der Waals surface area contributed by atoms with Crippen molar-refractivity contribution in [1.29, 1.82) is 0 Å². The zero-order valence-electron chi connectivity index (χ0n) is 19.9. The van der Waals surface area contributed by atoms with Gasteiger partial charge in [0.2, 0.25) is 5.91 Å². The van der Waals surface area contributed by atoms with Crippen LogP contribution in [0.5, 0.6) is 0 Å². The van der Waals surface area contributed by atoms with Crippen molar-refractivity contribution in [3.05, 3.63) is 100 Å². The molecule has 1 heterocycles. The largest absolute Gasteiger partial charge is 0.465 e. The summed E-state index contributed by atoms with van der Waals surface area (Å²) in [6.07, 6.45) is 0.328. The highest BCUT2D eigenvalue weighted by Gasteiger charge is 2.44. The smallest absolute Gasteiger partial charge is 0.337 e. The van der Waals surface area contributed by atoms with E-state index in [4.69, 9.17) is 16.3 Å². The molecule has 0 radical (unpaired) electrons. The molecule has 0 saturated carbocycles. The molecule has 184 valence electrons. The molecular formula is C28H25ClN2O5. The summed E-state index contributed by atoms with van der Waals surface area (Å²) >= 11 is 6.12. The summed E-state index contributed by atoms with van der Waals surface area (Å²) < 4.78 is 4.70. The average molecular weight is 505 g/mol. The SMILES string of the molecule is COC(=O)c1ccc(N2C(=O)CC(N(CCc3cccc(Cl)c3)C(=O)c3cccc(C)c3)C2=O)cc1. The predicted octanol–water partition coefficient (Wildman–Crippen LogP) is 4.45. The molecule has 1 unspecified atom stereocenters. The number of ether oxygens (including phenoxy) is 1. The van der Waals surface area contributed by atoms with Gasteiger partial charge in [-0.3, -0.25) is 14.4 Å². The van der Waals surface area contributed by atoms with Crippen LogP contribution in [0.15, 0.2) is 72.8 Å². The van der Waals surface area contributed by atoms with Gasteiger partial charge in [0.25, 0.3) is 11.8 Å². The summed E-state index contributed by atoms with van der Waals surface area (Å²) in [4.78, 5) is 54.3. The van der Waals surface area contributed by atoms with Crippen molar-refractivity contribution in [2.45, 2.75) is 25.8 Å². The standard InChI is InChI=1S/C28H25ClN2O5/c1-18-5-3-7-21(15-18)26(33)30(14-13-19-6-4-8-22(29)16-19)24-17-25(32)31(27(24)34)23-11-9-20(10-12-23)28(35)36-2/h3-12,15-16,24H,13-14,17H2,1-2H3. The molecule has 3 aromatic carbocycles. The van der Waals surface area contributed by atoms with E-state index in [0.29, 0.717) is 28.3 Å². The Kier molecular flexibility index (Phi) is 7.50. The molecule has 7 nitrogen and oxygen atoms in total. The first-order valence-corrected chi connectivity index (χ1v) is 11.8. The van der Waals surface area contributed by atoms with Crippen LogP contribution >= 0.6 is 11.6 Å². The quantitative estimate of drug-likeness (QED) is 0.350. The van der Waals surface area contributed by atoms with Gasteiger partial charge in [-0.15, -0.1) is 0 Å². The van der Waals surface area contributed by atoms with Crippen molar-refractivity contribution in [3.63, 3.8) is 0 Å². The van der Waals surface area contributed by atoms with Gasteiger partial charge in [-0.2, -0.15) is 0 Å². The van der Waals surface area contributed by atoms with Gasteiger partial charge in [0.05, 0.1) is 24.8 Å². The van der Waals surface area contributed by atoms with E-state index in [2.05, 4.69) is 0 Å². The second-order valence-corrected chi connectivity index (χ2v) is 9.01. The van der Waals surface area contributed by atoms with Crippen LogP contribution in [0.25, 0.3) is 0 Å². The zero-order chi connectivity index (χ0) is 25.8. The Morgan fingerprint density at radius 2 is 1.72 bits per heavy atom. The van der Waals surface area contributed by atoms with Crippen LogP contribution in [0.2, 0.25) is 5.02 Å². The van der Waals surface area contributed by atoms with Gasteiger partial charge in [0.15, 0.2) is 0 Å². The van der Waals surface area contributed by atoms with Crippen LogP contribution in [-0.2, 0) is 20.7 Å². The van der Waals surface area contributed by atoms with E-state index in [-0.39, 0.29) is 18.9 Å². The van der Waals surface area contributed by atoms with Crippen LogP contribution in [0.3, 0.4) is 0 Å². The molecule has 0 spiro atoms. The van der Waals surface area contributed by atoms with E-state index in [1.165, 1.54) is 36.3 Å². The molecule has 0 aromatic heterocycles. The van der Waals surface area contributed by atoms with E-state index in [0.717, 1.165) is 16.0 Å². The molecule has 1 atom stereocenters. The highest BCUT2D eigenvalue weighted by Crippen LogP contribution is 2.28. The fraction of sp³-hybridized carbons (Fsp3) is 0.214. The number of imide groups is 1. The third kappa shape index (κ3) is 5.31. The van der Waals surface area contributed by atoms with E-state index < -0.39 is 23.8 Å². The maximum absolute atomic E-state index is 13.6. The van der Waals surface area contributed by atoms with Crippen LogP contribution in [-0.4, -0.2) is 48.3 Å². The topological polar surface area (TPSA) is 84.0 Å². The number of nitrogens with zero attached hydrogens (tertiary/aromatic N) is 2. The normalized spacial score (nSPS) is 15.2. The fourth-order valence-corrected chi connectivity index (χ4v) is 4.49. The van der Waals surface area contributed by atoms with Gasteiger partial charge < -0.3 is 9.64 Å². The van der Waals surface area contributed by atoms with Crippen molar-refractivity contribution in [1.82, 2.24) is 4.90 Å². The fourth-order valence-electron chi connectivity index (χ4n) is 4.28. The third-order valence-electron chi connectivity index (χ3n) is 6.10. The van der Waals surface area contributed by atoms with Crippen molar-refractivity contribution in [3.8, 4) is 0 Å². The lowest BCUT2D eigenvalue weighted by atomic mass is 10.1. The molecule has 1 fully saturated rings. The second kappa shape index (κ2) is 10.7. The molecule has 3 aromatic rings. The van der Waals surface area contributed by atoms with E-state index in [1.807, 2.05) is 31.2 Å². The Morgan fingerprint density at radius 1 is 1.00 bits per heavy atom. The van der Waals surface area contributed by atoms with Gasteiger partial charge in [-0.1, -0.05) is 41.4 Å². The van der Waals surface area contributed by atoms with Crippen molar-refractivity contribution >= 4 is 41.0 Å². The van der Waals surface area contributed by atoms with E-state index >= 15 is 0 Å². The molecule has 8 heteroatoms. The van der Waals surface area contributed by atoms with Gasteiger partial charge in [-0.25, -0.2) is 9.69 Å². The Labute approximate surface area is 214 Å². The number of methoxy groups -OCH3 is 1. The van der Waals surface area contributed by atoms with Crippen LogP contribution in [0.1, 0.15) is 38.3 Å². The first kappa shape index (κ1) is 25.1. The maximum atomic E-state index is 13.6. The van der Waals surface area contributed by atoms with E-state index in [9.17, 15) is 19.2 Å². The molecule has 3 amide bonds. The molecule has 4 rings (SSSR count). The van der Waals surface area contributed by atoms with Crippen molar-refractivity contribution in [2.24, 2.45) is 0 Å². The minimum Gasteiger partial charge on any atom is -0.465 e. The Bertz CT molecular complexity index is 1320.